The molecule has 3 N–H and O–H groups in total. The normalized spacial score (nSPS) is 21.0. The van der Waals surface area contributed by atoms with Gasteiger partial charge < -0.3 is 10.5 Å². The summed E-state index contributed by atoms with van der Waals surface area (Å²) in [4.78, 5) is 0. The first-order chi connectivity index (χ1) is 11.8. The van der Waals surface area contributed by atoms with Crippen LogP contribution in [0.3, 0.4) is 0 Å². The fourth-order valence-corrected chi connectivity index (χ4v) is 4.05. The van der Waals surface area contributed by atoms with Crippen molar-refractivity contribution >= 4 is 0 Å². The number of nitriles is 1. The van der Waals surface area contributed by atoms with Crippen molar-refractivity contribution in [1.82, 2.24) is 10.2 Å². The minimum absolute atomic E-state index is 0.0343. The van der Waals surface area contributed by atoms with Crippen LogP contribution < -0.4 is 10.5 Å². The number of aromatic amines is 1. The highest BCUT2D eigenvalue weighted by Crippen LogP contribution is 2.49. The first-order valence-corrected chi connectivity index (χ1v) is 8.51. The van der Waals surface area contributed by atoms with E-state index in [4.69, 9.17) is 10.5 Å². The molecule has 5 nitrogen and oxygen atoms in total. The Kier molecular flexibility index (Phi) is 3.73. The molecule has 1 aliphatic carbocycles. The quantitative estimate of drug-likeness (QED) is 0.880. The average molecular weight is 320 g/mol. The highest BCUT2D eigenvalue weighted by atomic mass is 16.5. The van der Waals surface area contributed by atoms with E-state index in [1.165, 1.54) is 19.3 Å². The molecular formula is C19H20N4O. The van der Waals surface area contributed by atoms with Crippen LogP contribution in [0.15, 0.2) is 41.8 Å². The fourth-order valence-electron chi connectivity index (χ4n) is 4.05. The second-order valence-corrected chi connectivity index (χ2v) is 6.55. The highest BCUT2D eigenvalue weighted by molar-refractivity contribution is 5.69. The Morgan fingerprint density at radius 2 is 1.92 bits per heavy atom. The number of hydrogen-bond acceptors (Lipinski definition) is 4. The zero-order valence-corrected chi connectivity index (χ0v) is 13.5. The van der Waals surface area contributed by atoms with Gasteiger partial charge in [0.1, 0.15) is 6.07 Å². The molecule has 1 saturated carbocycles. The van der Waals surface area contributed by atoms with Gasteiger partial charge in [-0.3, -0.25) is 5.10 Å². The molecule has 122 valence electrons. The molecule has 2 aromatic rings. The van der Waals surface area contributed by atoms with Gasteiger partial charge in [-0.05, 0) is 24.3 Å². The summed E-state index contributed by atoms with van der Waals surface area (Å²) in [6, 6.07) is 12.4. The van der Waals surface area contributed by atoms with Crippen molar-refractivity contribution in [2.75, 3.05) is 0 Å². The van der Waals surface area contributed by atoms with E-state index in [2.05, 4.69) is 16.3 Å². The zero-order chi connectivity index (χ0) is 16.5. The number of nitrogens with one attached hydrogen (secondary N) is 1. The lowest BCUT2D eigenvalue weighted by Gasteiger charge is -2.33. The maximum absolute atomic E-state index is 9.69. The van der Waals surface area contributed by atoms with Crippen molar-refractivity contribution in [3.05, 3.63) is 47.4 Å². The van der Waals surface area contributed by atoms with Gasteiger partial charge >= 0.3 is 0 Å². The average Bonchev–Trinajstić information content (AvgIpc) is 3.05. The van der Waals surface area contributed by atoms with Crippen LogP contribution in [0.25, 0.3) is 11.3 Å². The number of aromatic nitrogens is 2. The van der Waals surface area contributed by atoms with Crippen molar-refractivity contribution < 1.29 is 4.74 Å². The van der Waals surface area contributed by atoms with Gasteiger partial charge in [-0.2, -0.15) is 5.26 Å². The van der Waals surface area contributed by atoms with Crippen LogP contribution in [0.5, 0.6) is 5.88 Å². The number of fused-ring (bicyclic) bond motifs is 1. The van der Waals surface area contributed by atoms with Gasteiger partial charge in [-0.15, -0.1) is 5.10 Å². The number of hydrogen-bond donors (Lipinski definition) is 2. The summed E-state index contributed by atoms with van der Waals surface area (Å²) < 4.78 is 5.65. The van der Waals surface area contributed by atoms with Crippen LogP contribution in [0.2, 0.25) is 0 Å². The number of nitrogens with zero attached hydrogens (tertiary/aromatic N) is 2. The minimum atomic E-state index is -0.0343. The Morgan fingerprint density at radius 1 is 1.17 bits per heavy atom. The first-order valence-electron chi connectivity index (χ1n) is 8.51. The summed E-state index contributed by atoms with van der Waals surface area (Å²) in [6.45, 7) is 0. The predicted molar refractivity (Wildman–Crippen MR) is 90.8 cm³/mol. The molecule has 4 rings (SSSR count). The van der Waals surface area contributed by atoms with Crippen molar-refractivity contribution in [2.45, 2.75) is 38.0 Å². The maximum atomic E-state index is 9.69. The number of H-pyrrole nitrogens is 1. The molecule has 1 atom stereocenters. The molecule has 24 heavy (non-hydrogen) atoms. The summed E-state index contributed by atoms with van der Waals surface area (Å²) in [5, 5.41) is 17.1. The molecule has 0 radical (unpaired) electrons. The third kappa shape index (κ3) is 2.35. The van der Waals surface area contributed by atoms with Crippen molar-refractivity contribution in [1.29, 1.82) is 5.26 Å². The molecule has 0 spiro atoms. The molecule has 2 heterocycles. The van der Waals surface area contributed by atoms with Crippen molar-refractivity contribution in [2.24, 2.45) is 11.7 Å². The van der Waals surface area contributed by atoms with E-state index in [1.54, 1.807) is 0 Å². The molecule has 0 bridgehead atoms. The third-order valence-electron chi connectivity index (χ3n) is 5.17. The Labute approximate surface area is 141 Å². The summed E-state index contributed by atoms with van der Waals surface area (Å²) in [5.74, 6) is 1.09. The highest BCUT2D eigenvalue weighted by Gasteiger charge is 2.39. The van der Waals surface area contributed by atoms with E-state index in [1.807, 2.05) is 30.3 Å². The van der Waals surface area contributed by atoms with E-state index in [0.717, 1.165) is 29.7 Å². The molecule has 1 fully saturated rings. The number of rotatable bonds is 2. The zero-order valence-electron chi connectivity index (χ0n) is 13.5. The lowest BCUT2D eigenvalue weighted by molar-refractivity contribution is 0.297. The van der Waals surface area contributed by atoms with Crippen LogP contribution in [-0.4, -0.2) is 10.2 Å². The lowest BCUT2D eigenvalue weighted by atomic mass is 9.72. The van der Waals surface area contributed by atoms with Gasteiger partial charge in [0.25, 0.3) is 0 Å². The van der Waals surface area contributed by atoms with E-state index in [-0.39, 0.29) is 11.8 Å². The fraction of sp³-hybridized carbons (Fsp3) is 0.368. The number of nitrogens with two attached hydrogens (primary N) is 1. The largest absolute Gasteiger partial charge is 0.420 e. The summed E-state index contributed by atoms with van der Waals surface area (Å²) in [5.41, 5.74) is 9.55. The molecule has 5 heteroatoms. The smallest absolute Gasteiger partial charge is 0.244 e. The van der Waals surface area contributed by atoms with E-state index in [0.29, 0.717) is 17.4 Å². The SMILES string of the molecule is N#CC1=C(N)Oc2n[nH]c(-c3ccccc3)c2[C@@H]1C1CCCCC1. The van der Waals surface area contributed by atoms with Gasteiger partial charge in [-0.25, -0.2) is 0 Å². The summed E-state index contributed by atoms with van der Waals surface area (Å²) in [7, 11) is 0. The second-order valence-electron chi connectivity index (χ2n) is 6.55. The summed E-state index contributed by atoms with van der Waals surface area (Å²) in [6.07, 6.45) is 5.90. The van der Waals surface area contributed by atoms with E-state index < -0.39 is 0 Å². The Hall–Kier alpha value is -2.74. The standard InChI is InChI=1S/C19H20N4O/c20-11-14-15(12-7-3-1-4-8-12)16-17(13-9-5-2-6-10-13)22-23-19(16)24-18(14)21/h2,5-6,9-10,12,15H,1,3-4,7-8,21H2,(H,22,23)/t15-/m1/s1. The van der Waals surface area contributed by atoms with E-state index in [9.17, 15) is 5.26 Å². The molecular weight excluding hydrogens is 300 g/mol. The van der Waals surface area contributed by atoms with Gasteiger partial charge in [0.2, 0.25) is 11.8 Å². The molecule has 2 aliphatic rings. The molecule has 1 aromatic heterocycles. The number of benzene rings is 1. The van der Waals surface area contributed by atoms with Crippen LogP contribution in [-0.2, 0) is 0 Å². The first kappa shape index (κ1) is 14.8. The summed E-state index contributed by atoms with van der Waals surface area (Å²) >= 11 is 0. The van der Waals surface area contributed by atoms with Crippen molar-refractivity contribution in [3.63, 3.8) is 0 Å². The number of allylic oxidation sites excluding steroid dienone is 1. The van der Waals surface area contributed by atoms with Crippen LogP contribution in [0, 0.1) is 17.2 Å². The molecule has 0 saturated heterocycles. The van der Waals surface area contributed by atoms with Crippen LogP contribution in [0.4, 0.5) is 0 Å². The Morgan fingerprint density at radius 3 is 2.62 bits per heavy atom. The van der Waals surface area contributed by atoms with Gasteiger partial charge in [0.15, 0.2) is 0 Å². The van der Waals surface area contributed by atoms with Crippen molar-refractivity contribution in [3.8, 4) is 23.2 Å². The van der Waals surface area contributed by atoms with Gasteiger partial charge in [0, 0.05) is 5.92 Å². The predicted octanol–water partition coefficient (Wildman–Crippen LogP) is 3.83. The van der Waals surface area contributed by atoms with Crippen LogP contribution in [0.1, 0.15) is 43.6 Å². The topological polar surface area (TPSA) is 87.7 Å². The Balaban J connectivity index is 1.86. The molecule has 0 amide bonds. The van der Waals surface area contributed by atoms with E-state index >= 15 is 0 Å². The molecule has 1 aromatic carbocycles. The van der Waals surface area contributed by atoms with Gasteiger partial charge in [-0.1, -0.05) is 49.6 Å². The van der Waals surface area contributed by atoms with Gasteiger partial charge in [0.05, 0.1) is 16.8 Å². The van der Waals surface area contributed by atoms with Crippen LogP contribution >= 0.6 is 0 Å². The molecule has 0 unspecified atom stereocenters. The monoisotopic (exact) mass is 320 g/mol. The maximum Gasteiger partial charge on any atom is 0.244 e. The Bertz CT molecular complexity index is 810. The number of ether oxygens (including phenoxy) is 1. The lowest BCUT2D eigenvalue weighted by Crippen LogP contribution is -2.26. The third-order valence-corrected chi connectivity index (χ3v) is 5.17. The minimum Gasteiger partial charge on any atom is -0.420 e. The molecule has 1 aliphatic heterocycles. The second kappa shape index (κ2) is 6.04.